The number of fused-ring (bicyclic) bond motifs is 2. The van der Waals surface area contributed by atoms with Gasteiger partial charge in [0.25, 0.3) is 0 Å². The van der Waals surface area contributed by atoms with E-state index in [1.165, 1.54) is 38.5 Å². The van der Waals surface area contributed by atoms with Crippen LogP contribution in [0.2, 0.25) is 0 Å². The minimum Gasteiger partial charge on any atom is -0.143 e. The zero-order valence-corrected chi connectivity index (χ0v) is 16.2. The molecule has 1 atom stereocenters. The van der Waals surface area contributed by atoms with E-state index in [2.05, 4.69) is 50.1 Å². The molecule has 0 saturated heterocycles. The molecule has 0 saturated carbocycles. The van der Waals surface area contributed by atoms with Gasteiger partial charge in [0.05, 0.1) is 0 Å². The molecule has 2 aliphatic rings. The van der Waals surface area contributed by atoms with Gasteiger partial charge in [0.15, 0.2) is 0 Å². The van der Waals surface area contributed by atoms with Gasteiger partial charge in [-0.05, 0) is 39.7 Å². The fourth-order valence-electron chi connectivity index (χ4n) is 3.71. The highest BCUT2D eigenvalue weighted by molar-refractivity contribution is 8.09. The van der Waals surface area contributed by atoms with E-state index >= 15 is 0 Å². The maximum atomic E-state index is 2.60. The SMILES string of the molecule is CCC(CC)(CC)CCCC1C=C2[SiH]=c3ccsc3=C2S1. The molecule has 2 aliphatic heterocycles. The second-order valence-corrected chi connectivity index (χ2v) is 10.1. The van der Waals surface area contributed by atoms with Gasteiger partial charge in [-0.3, -0.25) is 0 Å². The van der Waals surface area contributed by atoms with Crippen molar-refractivity contribution in [3.05, 3.63) is 32.1 Å². The summed E-state index contributed by atoms with van der Waals surface area (Å²) in [6.07, 6.45) is 10.8. The predicted molar refractivity (Wildman–Crippen MR) is 100.0 cm³/mol. The summed E-state index contributed by atoms with van der Waals surface area (Å²) in [5.41, 5.74) is 0.617. The Morgan fingerprint density at radius 2 is 1.95 bits per heavy atom. The van der Waals surface area contributed by atoms with E-state index in [0.29, 0.717) is 14.5 Å². The van der Waals surface area contributed by atoms with E-state index in [4.69, 9.17) is 0 Å². The molecule has 0 N–H and O–H groups in total. The second kappa shape index (κ2) is 6.55. The fraction of sp³-hybridized carbons (Fsp3) is 0.611. The summed E-state index contributed by atoms with van der Waals surface area (Å²) < 4.78 is 1.61. The van der Waals surface area contributed by atoms with E-state index in [9.17, 15) is 0 Å². The van der Waals surface area contributed by atoms with Crippen LogP contribution in [0.15, 0.2) is 22.7 Å². The van der Waals surface area contributed by atoms with Crippen LogP contribution in [0.4, 0.5) is 0 Å². The molecule has 0 spiro atoms. The van der Waals surface area contributed by atoms with Gasteiger partial charge in [-0.15, -0.1) is 23.1 Å². The topological polar surface area (TPSA) is 0 Å². The quantitative estimate of drug-likeness (QED) is 0.636. The number of hydrogen-bond acceptors (Lipinski definition) is 2. The monoisotopic (exact) mass is 334 g/mol. The molecule has 0 aromatic carbocycles. The molecule has 3 rings (SSSR count). The number of thioether (sulfide) groups is 1. The van der Waals surface area contributed by atoms with E-state index in [1.807, 2.05) is 11.3 Å². The molecule has 0 radical (unpaired) electrons. The summed E-state index contributed by atoms with van der Waals surface area (Å²) >= 11 is 4.11. The molecule has 1 aromatic heterocycles. The Morgan fingerprint density at radius 1 is 1.19 bits per heavy atom. The lowest BCUT2D eigenvalue weighted by atomic mass is 9.75. The Balaban J connectivity index is 1.59. The minimum absolute atomic E-state index is 0.406. The molecule has 1 aromatic rings. The summed E-state index contributed by atoms with van der Waals surface area (Å²) in [6.45, 7) is 7.13. The zero-order chi connectivity index (χ0) is 14.9. The standard InChI is InChI=1S/C18H26S2Si/c1-4-18(5-2,6-3)10-7-8-13-12-15-17(20-13)16-14(21-15)9-11-19-16/h9,11-13,21H,4-8,10H2,1-3H3. The molecule has 21 heavy (non-hydrogen) atoms. The lowest BCUT2D eigenvalue weighted by Gasteiger charge is -2.30. The Morgan fingerprint density at radius 3 is 2.67 bits per heavy atom. The van der Waals surface area contributed by atoms with Crippen molar-refractivity contribution < 1.29 is 0 Å². The fourth-order valence-corrected chi connectivity index (χ4v) is 8.67. The second-order valence-electron chi connectivity index (χ2n) is 6.41. The summed E-state index contributed by atoms with van der Waals surface area (Å²) in [6, 6.07) is 2.34. The van der Waals surface area contributed by atoms with Gasteiger partial charge in [-0.25, -0.2) is 0 Å². The van der Waals surface area contributed by atoms with Crippen LogP contribution >= 0.6 is 23.1 Å². The first-order chi connectivity index (χ1) is 10.2. The van der Waals surface area contributed by atoms with Crippen LogP contribution in [0.5, 0.6) is 0 Å². The Kier molecular flexibility index (Phi) is 4.92. The smallest absolute Gasteiger partial charge is 0.0433 e. The molecular formula is C18H26S2Si. The number of thiophene rings is 1. The number of rotatable bonds is 7. The molecular weight excluding hydrogens is 308 g/mol. The van der Waals surface area contributed by atoms with Crippen LogP contribution in [0.3, 0.4) is 0 Å². The first-order valence-corrected chi connectivity index (χ1v) is 11.3. The van der Waals surface area contributed by atoms with Crippen LogP contribution in [-0.2, 0) is 0 Å². The van der Waals surface area contributed by atoms with Crippen LogP contribution in [0.1, 0.15) is 59.3 Å². The van der Waals surface area contributed by atoms with Crippen LogP contribution in [0.25, 0.3) is 4.91 Å². The van der Waals surface area contributed by atoms with Crippen molar-refractivity contribution >= 4 is 37.1 Å². The van der Waals surface area contributed by atoms with Gasteiger partial charge < -0.3 is 0 Å². The summed E-state index contributed by atoms with van der Waals surface area (Å²) in [5, 5.41) is 4.74. The molecule has 0 amide bonds. The summed E-state index contributed by atoms with van der Waals surface area (Å²) in [4.78, 5) is 3.29. The van der Waals surface area contributed by atoms with E-state index < -0.39 is 0 Å². The van der Waals surface area contributed by atoms with E-state index in [1.54, 1.807) is 19.4 Å². The third-order valence-corrected chi connectivity index (χ3v) is 9.99. The Bertz CT molecular complexity index is 641. The lowest BCUT2D eigenvalue weighted by molar-refractivity contribution is 0.221. The van der Waals surface area contributed by atoms with E-state index in [0.717, 1.165) is 5.25 Å². The molecule has 0 aliphatic carbocycles. The highest BCUT2D eigenvalue weighted by Crippen LogP contribution is 2.42. The lowest BCUT2D eigenvalue weighted by Crippen LogP contribution is -2.18. The third-order valence-electron chi connectivity index (χ3n) is 5.56. The van der Waals surface area contributed by atoms with Crippen molar-refractivity contribution in [1.29, 1.82) is 0 Å². The Labute approximate surface area is 139 Å². The summed E-state index contributed by atoms with van der Waals surface area (Å²) in [7, 11) is 0.406. The van der Waals surface area contributed by atoms with Gasteiger partial charge in [0.2, 0.25) is 0 Å². The Hall–Kier alpha value is -0.123. The van der Waals surface area contributed by atoms with Gasteiger partial charge in [-0.1, -0.05) is 52.5 Å². The van der Waals surface area contributed by atoms with Crippen molar-refractivity contribution in [2.24, 2.45) is 5.41 Å². The van der Waals surface area contributed by atoms with Crippen molar-refractivity contribution in [1.82, 2.24) is 0 Å². The molecule has 1 unspecified atom stereocenters. The van der Waals surface area contributed by atoms with Gasteiger partial charge >= 0.3 is 0 Å². The average Bonchev–Trinajstić information content (AvgIpc) is 3.16. The number of hydrogen-bond donors (Lipinski definition) is 0. The van der Waals surface area contributed by atoms with Crippen LogP contribution in [-0.4, -0.2) is 14.4 Å². The predicted octanol–water partition coefficient (Wildman–Crippen LogP) is 4.94. The molecule has 114 valence electrons. The highest BCUT2D eigenvalue weighted by Gasteiger charge is 2.27. The molecule has 0 bridgehead atoms. The highest BCUT2D eigenvalue weighted by atomic mass is 32.2. The molecule has 0 nitrogen and oxygen atoms in total. The van der Waals surface area contributed by atoms with Gasteiger partial charge in [-0.2, -0.15) is 0 Å². The molecule has 3 heteroatoms. The normalized spacial score (nSPS) is 20.2. The van der Waals surface area contributed by atoms with Crippen molar-refractivity contribution in [2.45, 2.75) is 64.5 Å². The van der Waals surface area contributed by atoms with Gasteiger partial charge in [0, 0.05) is 23.8 Å². The molecule has 3 heterocycles. The van der Waals surface area contributed by atoms with Crippen molar-refractivity contribution in [3.63, 3.8) is 0 Å². The first-order valence-electron chi connectivity index (χ1n) is 8.39. The summed E-state index contributed by atoms with van der Waals surface area (Å²) in [5.74, 6) is 0. The zero-order valence-electron chi connectivity index (χ0n) is 13.4. The van der Waals surface area contributed by atoms with Gasteiger partial charge in [0.1, 0.15) is 0 Å². The minimum atomic E-state index is 0.406. The molecule has 0 fully saturated rings. The van der Waals surface area contributed by atoms with Crippen molar-refractivity contribution in [3.8, 4) is 0 Å². The largest absolute Gasteiger partial charge is 0.143 e. The van der Waals surface area contributed by atoms with Crippen LogP contribution in [0, 0.1) is 10.2 Å². The van der Waals surface area contributed by atoms with Crippen molar-refractivity contribution in [2.75, 3.05) is 0 Å². The maximum absolute atomic E-state index is 2.60. The average molecular weight is 335 g/mol. The van der Waals surface area contributed by atoms with Crippen LogP contribution < -0.4 is 4.53 Å². The third kappa shape index (κ3) is 3.02. The first kappa shape index (κ1) is 15.8. The maximum Gasteiger partial charge on any atom is 0.0433 e. The van der Waals surface area contributed by atoms with E-state index in [-0.39, 0.29) is 0 Å².